The highest BCUT2D eigenvalue weighted by Crippen LogP contribution is 2.37. The summed E-state index contributed by atoms with van der Waals surface area (Å²) >= 11 is 0. The van der Waals surface area contributed by atoms with Crippen LogP contribution in [0.15, 0.2) is 54.6 Å². The third-order valence-electron chi connectivity index (χ3n) is 5.29. The summed E-state index contributed by atoms with van der Waals surface area (Å²) in [6.07, 6.45) is 5.02. The summed E-state index contributed by atoms with van der Waals surface area (Å²) in [5.74, 6) is 1.10. The molecule has 4 heteroatoms. The molecule has 0 heterocycles. The Labute approximate surface area is 162 Å². The summed E-state index contributed by atoms with van der Waals surface area (Å²) in [7, 11) is 0. The third kappa shape index (κ3) is 5.03. The summed E-state index contributed by atoms with van der Waals surface area (Å²) in [6, 6.07) is 17.8. The second-order valence-electron chi connectivity index (χ2n) is 7.06. The van der Waals surface area contributed by atoms with Gasteiger partial charge in [-0.2, -0.15) is 0 Å². The van der Waals surface area contributed by atoms with Gasteiger partial charge in [-0.1, -0.05) is 55.7 Å². The maximum absolute atomic E-state index is 12.4. The predicted molar refractivity (Wildman–Crippen MR) is 108 cm³/mol. The molecule has 0 aromatic heterocycles. The number of para-hydroxylation sites is 2. The van der Waals surface area contributed by atoms with Gasteiger partial charge in [0.15, 0.2) is 6.23 Å². The monoisotopic (exact) mass is 367 g/mol. The molecule has 0 spiro atoms. The Balaban J connectivity index is 1.65. The van der Waals surface area contributed by atoms with E-state index in [1.165, 1.54) is 19.3 Å². The zero-order valence-electron chi connectivity index (χ0n) is 16.3. The van der Waals surface area contributed by atoms with Crippen molar-refractivity contribution in [2.75, 3.05) is 11.4 Å². The number of anilines is 1. The number of rotatable bonds is 6. The average Bonchev–Trinajstić information content (AvgIpc) is 2.70. The largest absolute Gasteiger partial charge is 0.515 e. The molecule has 1 aliphatic rings. The highest BCUT2D eigenvalue weighted by atomic mass is 16.7. The summed E-state index contributed by atoms with van der Waals surface area (Å²) < 4.78 is 11.2. The minimum Gasteiger partial charge on any atom is -0.410 e. The van der Waals surface area contributed by atoms with Crippen molar-refractivity contribution in [3.63, 3.8) is 0 Å². The fraction of sp³-hybridized carbons (Fsp3) is 0.435. The van der Waals surface area contributed by atoms with Gasteiger partial charge in [-0.05, 0) is 56.4 Å². The number of carbonyl (C=O) groups is 1. The maximum Gasteiger partial charge on any atom is 0.515 e. The number of carbonyl (C=O) groups excluding carboxylic acids is 1. The Morgan fingerprint density at radius 1 is 1.04 bits per heavy atom. The second kappa shape index (κ2) is 9.45. The van der Waals surface area contributed by atoms with E-state index in [0.29, 0.717) is 11.7 Å². The fourth-order valence-electron chi connectivity index (χ4n) is 3.91. The first kappa shape index (κ1) is 19.3. The van der Waals surface area contributed by atoms with Crippen molar-refractivity contribution in [1.29, 1.82) is 0 Å². The molecule has 1 saturated carbocycles. The van der Waals surface area contributed by atoms with E-state index in [9.17, 15) is 4.79 Å². The molecule has 1 fully saturated rings. The molecule has 0 bridgehead atoms. The van der Waals surface area contributed by atoms with E-state index >= 15 is 0 Å². The molecular weight excluding hydrogens is 338 g/mol. The third-order valence-corrected chi connectivity index (χ3v) is 5.29. The summed E-state index contributed by atoms with van der Waals surface area (Å²) in [6.45, 7) is 4.64. The van der Waals surface area contributed by atoms with Gasteiger partial charge in [0.25, 0.3) is 0 Å². The molecule has 1 unspecified atom stereocenters. The average molecular weight is 367 g/mol. The Morgan fingerprint density at radius 2 is 1.70 bits per heavy atom. The maximum atomic E-state index is 12.4. The summed E-state index contributed by atoms with van der Waals surface area (Å²) in [5, 5.41) is 0. The van der Waals surface area contributed by atoms with E-state index in [-0.39, 0.29) is 0 Å². The van der Waals surface area contributed by atoms with Crippen molar-refractivity contribution in [2.45, 2.75) is 58.1 Å². The lowest BCUT2D eigenvalue weighted by Crippen LogP contribution is -2.37. The molecule has 4 nitrogen and oxygen atoms in total. The van der Waals surface area contributed by atoms with Gasteiger partial charge < -0.3 is 14.4 Å². The molecular formula is C23H29NO3. The van der Waals surface area contributed by atoms with E-state index in [2.05, 4.69) is 6.07 Å². The van der Waals surface area contributed by atoms with Crippen molar-refractivity contribution in [3.8, 4) is 5.75 Å². The van der Waals surface area contributed by atoms with Crippen LogP contribution in [0.3, 0.4) is 0 Å². The molecule has 1 aliphatic carbocycles. The Bertz CT molecular complexity index is 725. The summed E-state index contributed by atoms with van der Waals surface area (Å²) in [4.78, 5) is 14.5. The minimum absolute atomic E-state index is 0.410. The van der Waals surface area contributed by atoms with Crippen LogP contribution in [0.1, 0.15) is 57.4 Å². The highest BCUT2D eigenvalue weighted by Gasteiger charge is 2.22. The number of benzene rings is 2. The fourth-order valence-corrected chi connectivity index (χ4v) is 3.91. The SMILES string of the molecule is CCN(c1ccccc1)C(C)OC(=O)Oc1ccccc1C1CCCCC1. The lowest BCUT2D eigenvalue weighted by Gasteiger charge is -2.29. The molecule has 0 radical (unpaired) electrons. The van der Waals surface area contributed by atoms with Crippen LogP contribution in [-0.4, -0.2) is 18.9 Å². The van der Waals surface area contributed by atoms with Crippen LogP contribution in [0.25, 0.3) is 0 Å². The molecule has 144 valence electrons. The highest BCUT2D eigenvalue weighted by molar-refractivity contribution is 5.65. The van der Waals surface area contributed by atoms with Crippen LogP contribution in [-0.2, 0) is 4.74 Å². The number of hydrogen-bond acceptors (Lipinski definition) is 4. The van der Waals surface area contributed by atoms with Gasteiger partial charge in [0.1, 0.15) is 5.75 Å². The predicted octanol–water partition coefficient (Wildman–Crippen LogP) is 6.12. The van der Waals surface area contributed by atoms with Crippen LogP contribution in [0.5, 0.6) is 5.75 Å². The van der Waals surface area contributed by atoms with E-state index in [4.69, 9.17) is 9.47 Å². The number of ether oxygens (including phenoxy) is 2. The van der Waals surface area contributed by atoms with Gasteiger partial charge in [0, 0.05) is 12.2 Å². The van der Waals surface area contributed by atoms with Crippen LogP contribution in [0, 0.1) is 0 Å². The lowest BCUT2D eigenvalue weighted by molar-refractivity contribution is 0.0641. The first-order chi connectivity index (χ1) is 13.2. The van der Waals surface area contributed by atoms with Gasteiger partial charge in [-0.3, -0.25) is 0 Å². The Kier molecular flexibility index (Phi) is 6.74. The first-order valence-corrected chi connectivity index (χ1v) is 9.98. The molecule has 0 saturated heterocycles. The Morgan fingerprint density at radius 3 is 2.41 bits per heavy atom. The number of nitrogens with zero attached hydrogens (tertiary/aromatic N) is 1. The molecule has 3 rings (SSSR count). The van der Waals surface area contributed by atoms with Gasteiger partial charge in [-0.15, -0.1) is 0 Å². The van der Waals surface area contributed by atoms with E-state index in [1.807, 2.05) is 67.3 Å². The van der Waals surface area contributed by atoms with Crippen molar-refractivity contribution in [2.24, 2.45) is 0 Å². The van der Waals surface area contributed by atoms with Crippen LogP contribution >= 0.6 is 0 Å². The molecule has 2 aromatic carbocycles. The second-order valence-corrected chi connectivity index (χ2v) is 7.06. The minimum atomic E-state index is -0.653. The zero-order valence-corrected chi connectivity index (χ0v) is 16.3. The number of hydrogen-bond donors (Lipinski definition) is 0. The standard InChI is InChI=1S/C23H29NO3/c1-3-24(20-14-8-5-9-15-20)18(2)26-23(25)27-22-17-11-10-16-21(22)19-12-6-4-7-13-19/h5,8-11,14-19H,3-4,6-7,12-13H2,1-2H3. The van der Waals surface area contributed by atoms with E-state index < -0.39 is 12.4 Å². The summed E-state index contributed by atoms with van der Waals surface area (Å²) in [5.41, 5.74) is 2.14. The first-order valence-electron chi connectivity index (χ1n) is 9.98. The molecule has 0 amide bonds. The van der Waals surface area contributed by atoms with Gasteiger partial charge >= 0.3 is 6.16 Å². The molecule has 0 N–H and O–H groups in total. The normalized spacial score (nSPS) is 15.8. The Hall–Kier alpha value is -2.49. The quantitative estimate of drug-likeness (QED) is 0.350. The molecule has 27 heavy (non-hydrogen) atoms. The van der Waals surface area contributed by atoms with Crippen molar-refractivity contribution in [1.82, 2.24) is 0 Å². The van der Waals surface area contributed by atoms with Gasteiger partial charge in [-0.25, -0.2) is 4.79 Å². The van der Waals surface area contributed by atoms with Gasteiger partial charge in [0.05, 0.1) is 0 Å². The lowest BCUT2D eigenvalue weighted by atomic mass is 9.84. The van der Waals surface area contributed by atoms with Crippen LogP contribution in [0.2, 0.25) is 0 Å². The topological polar surface area (TPSA) is 38.8 Å². The molecule has 2 aromatic rings. The molecule has 0 aliphatic heterocycles. The van der Waals surface area contributed by atoms with E-state index in [0.717, 1.165) is 30.6 Å². The molecule has 1 atom stereocenters. The van der Waals surface area contributed by atoms with Crippen molar-refractivity contribution >= 4 is 11.8 Å². The van der Waals surface area contributed by atoms with Crippen LogP contribution in [0.4, 0.5) is 10.5 Å². The van der Waals surface area contributed by atoms with Crippen LogP contribution < -0.4 is 9.64 Å². The van der Waals surface area contributed by atoms with Crippen molar-refractivity contribution < 1.29 is 14.3 Å². The smallest absolute Gasteiger partial charge is 0.410 e. The van der Waals surface area contributed by atoms with E-state index in [1.54, 1.807) is 0 Å². The van der Waals surface area contributed by atoms with Crippen molar-refractivity contribution in [3.05, 3.63) is 60.2 Å². The van der Waals surface area contributed by atoms with Gasteiger partial charge in [0.2, 0.25) is 0 Å². The zero-order chi connectivity index (χ0) is 19.1.